The van der Waals surface area contributed by atoms with E-state index in [4.69, 9.17) is 4.74 Å². The molecule has 1 amide bonds. The predicted octanol–water partition coefficient (Wildman–Crippen LogP) is 2.56. The van der Waals surface area contributed by atoms with Gasteiger partial charge in [0.1, 0.15) is 5.75 Å². The number of hydrogen-bond acceptors (Lipinski definition) is 5. The minimum absolute atomic E-state index is 0.135. The average molecular weight is 349 g/mol. The third-order valence-electron chi connectivity index (χ3n) is 4.40. The Bertz CT molecular complexity index is 710. The molecular formula is C18H23NO6. The van der Waals surface area contributed by atoms with Crippen molar-refractivity contribution < 1.29 is 29.0 Å². The van der Waals surface area contributed by atoms with Crippen molar-refractivity contribution in [2.24, 2.45) is 17.3 Å². The molecule has 7 nitrogen and oxygen atoms in total. The first kappa shape index (κ1) is 18.8. The second-order valence-corrected chi connectivity index (χ2v) is 6.97. The maximum Gasteiger partial charge on any atom is 0.337 e. The molecule has 1 saturated carbocycles. The first-order valence-electron chi connectivity index (χ1n) is 8.02. The average Bonchev–Trinajstić information content (AvgIpc) is 3.10. The van der Waals surface area contributed by atoms with Crippen LogP contribution in [0.1, 0.15) is 38.1 Å². The number of amides is 1. The van der Waals surface area contributed by atoms with Gasteiger partial charge in [0.25, 0.3) is 0 Å². The number of aliphatic carboxylic acids is 1. The van der Waals surface area contributed by atoms with Gasteiger partial charge in [0.2, 0.25) is 5.91 Å². The molecule has 0 heterocycles. The van der Waals surface area contributed by atoms with Crippen LogP contribution in [0.25, 0.3) is 0 Å². The normalized spacial score (nSPS) is 20.7. The van der Waals surface area contributed by atoms with Gasteiger partial charge >= 0.3 is 11.9 Å². The monoisotopic (exact) mass is 349 g/mol. The molecule has 1 aromatic rings. The predicted molar refractivity (Wildman–Crippen MR) is 90.6 cm³/mol. The fraction of sp³-hybridized carbons (Fsp3) is 0.500. The first-order chi connectivity index (χ1) is 11.6. The van der Waals surface area contributed by atoms with E-state index in [9.17, 15) is 19.5 Å². The molecule has 0 saturated heterocycles. The van der Waals surface area contributed by atoms with Gasteiger partial charge in [-0.25, -0.2) is 4.79 Å². The van der Waals surface area contributed by atoms with Crippen LogP contribution in [-0.2, 0) is 14.3 Å². The van der Waals surface area contributed by atoms with Crippen molar-refractivity contribution in [3.05, 3.63) is 23.8 Å². The van der Waals surface area contributed by atoms with E-state index in [0.29, 0.717) is 11.4 Å². The van der Waals surface area contributed by atoms with Crippen LogP contribution < -0.4 is 10.1 Å². The summed E-state index contributed by atoms with van der Waals surface area (Å²) in [6.07, 6.45) is -0.135. The zero-order valence-corrected chi connectivity index (χ0v) is 15.0. The van der Waals surface area contributed by atoms with E-state index < -0.39 is 35.1 Å². The van der Waals surface area contributed by atoms with E-state index in [1.54, 1.807) is 26.0 Å². The number of nitrogens with one attached hydrogen (secondary N) is 1. The Morgan fingerprint density at radius 2 is 1.84 bits per heavy atom. The van der Waals surface area contributed by atoms with Crippen molar-refractivity contribution in [3.8, 4) is 5.75 Å². The number of carbonyl (C=O) groups excluding carboxylic acids is 2. The zero-order valence-electron chi connectivity index (χ0n) is 15.0. The highest BCUT2D eigenvalue weighted by molar-refractivity contribution is 6.01. The van der Waals surface area contributed by atoms with E-state index in [0.717, 1.165) is 0 Å². The number of carboxylic acid groups (broad SMARTS) is 1. The van der Waals surface area contributed by atoms with Crippen LogP contribution in [0.3, 0.4) is 0 Å². The fourth-order valence-corrected chi connectivity index (χ4v) is 3.03. The summed E-state index contributed by atoms with van der Waals surface area (Å²) in [5.74, 6) is -2.91. The van der Waals surface area contributed by atoms with Crippen LogP contribution in [0, 0.1) is 17.3 Å². The third-order valence-corrected chi connectivity index (χ3v) is 4.40. The molecule has 0 unspecified atom stereocenters. The van der Waals surface area contributed by atoms with Crippen LogP contribution in [0.2, 0.25) is 0 Å². The lowest BCUT2D eigenvalue weighted by atomic mass is 10.1. The van der Waals surface area contributed by atoms with Crippen molar-refractivity contribution in [2.45, 2.75) is 33.8 Å². The molecule has 7 heteroatoms. The minimum Gasteiger partial charge on any atom is -0.489 e. The lowest BCUT2D eigenvalue weighted by molar-refractivity contribution is -0.140. The summed E-state index contributed by atoms with van der Waals surface area (Å²) in [5, 5.41) is 11.9. The number of hydrogen-bond donors (Lipinski definition) is 2. The van der Waals surface area contributed by atoms with Crippen molar-refractivity contribution in [1.82, 2.24) is 0 Å². The van der Waals surface area contributed by atoms with Gasteiger partial charge in [-0.3, -0.25) is 9.59 Å². The standard InChI is InChI=1S/C18H23NO6/c1-9(2)25-12-7-6-10(17(23)24-5)8-11(12)19-15(20)13-14(16(21)22)18(13,3)4/h6-9,13-14H,1-5H3,(H,19,20)(H,21,22)/t13-,14-/m0/s1. The van der Waals surface area contributed by atoms with Gasteiger partial charge in [-0.2, -0.15) is 0 Å². The largest absolute Gasteiger partial charge is 0.489 e. The van der Waals surface area contributed by atoms with Crippen molar-refractivity contribution >= 4 is 23.5 Å². The van der Waals surface area contributed by atoms with E-state index in [1.807, 2.05) is 13.8 Å². The number of carboxylic acids is 1. The van der Waals surface area contributed by atoms with Gasteiger partial charge in [0, 0.05) is 0 Å². The van der Waals surface area contributed by atoms with Crippen LogP contribution in [0.4, 0.5) is 5.69 Å². The molecule has 0 bridgehead atoms. The number of anilines is 1. The van der Waals surface area contributed by atoms with Crippen molar-refractivity contribution in [1.29, 1.82) is 0 Å². The van der Waals surface area contributed by atoms with Crippen LogP contribution in [-0.4, -0.2) is 36.2 Å². The van der Waals surface area contributed by atoms with Gasteiger partial charge in [-0.1, -0.05) is 13.8 Å². The topological polar surface area (TPSA) is 102 Å². The molecule has 2 N–H and O–H groups in total. The Kier molecular flexibility index (Phi) is 5.06. The van der Waals surface area contributed by atoms with E-state index >= 15 is 0 Å². The van der Waals surface area contributed by atoms with Crippen LogP contribution in [0.15, 0.2) is 18.2 Å². The van der Waals surface area contributed by atoms with Gasteiger partial charge in [0.15, 0.2) is 0 Å². The Morgan fingerprint density at radius 1 is 1.20 bits per heavy atom. The number of methoxy groups -OCH3 is 1. The highest BCUT2D eigenvalue weighted by Gasteiger charge is 2.65. The second kappa shape index (κ2) is 6.74. The molecule has 25 heavy (non-hydrogen) atoms. The molecule has 2 atom stereocenters. The lowest BCUT2D eigenvalue weighted by Crippen LogP contribution is -2.19. The van der Waals surface area contributed by atoms with E-state index in [1.165, 1.54) is 13.2 Å². The van der Waals surface area contributed by atoms with E-state index in [-0.39, 0.29) is 11.7 Å². The smallest absolute Gasteiger partial charge is 0.337 e. The van der Waals surface area contributed by atoms with Crippen LogP contribution in [0.5, 0.6) is 5.75 Å². The number of rotatable bonds is 6. The SMILES string of the molecule is COC(=O)c1ccc(OC(C)C)c(NC(=O)[C@@H]2[C@@H](C(=O)O)C2(C)C)c1. The summed E-state index contributed by atoms with van der Waals surface area (Å²) in [7, 11) is 1.27. The number of benzene rings is 1. The maximum absolute atomic E-state index is 12.5. The Morgan fingerprint density at radius 3 is 2.32 bits per heavy atom. The van der Waals surface area contributed by atoms with Gasteiger partial charge in [0.05, 0.1) is 36.3 Å². The highest BCUT2D eigenvalue weighted by Crippen LogP contribution is 2.58. The summed E-state index contributed by atoms with van der Waals surface area (Å²) in [4.78, 5) is 35.5. The Hall–Kier alpha value is -2.57. The molecule has 1 fully saturated rings. The molecule has 0 aliphatic heterocycles. The Labute approximate surface area is 146 Å². The fourth-order valence-electron chi connectivity index (χ4n) is 3.03. The summed E-state index contributed by atoms with van der Waals surface area (Å²) in [5.41, 5.74) is -0.0400. The second-order valence-electron chi connectivity index (χ2n) is 6.97. The molecular weight excluding hydrogens is 326 g/mol. The molecule has 0 aromatic heterocycles. The highest BCUT2D eigenvalue weighted by atomic mass is 16.5. The zero-order chi connectivity index (χ0) is 18.9. The molecule has 0 radical (unpaired) electrons. The lowest BCUT2D eigenvalue weighted by Gasteiger charge is -2.16. The minimum atomic E-state index is -0.993. The van der Waals surface area contributed by atoms with Crippen molar-refractivity contribution in [3.63, 3.8) is 0 Å². The number of ether oxygens (including phenoxy) is 2. The number of carbonyl (C=O) groups is 3. The molecule has 2 rings (SSSR count). The summed E-state index contributed by atoms with van der Waals surface area (Å²) >= 11 is 0. The van der Waals surface area contributed by atoms with Crippen LogP contribution >= 0.6 is 0 Å². The molecule has 1 aromatic carbocycles. The first-order valence-corrected chi connectivity index (χ1v) is 8.02. The van der Waals surface area contributed by atoms with Crippen molar-refractivity contribution in [2.75, 3.05) is 12.4 Å². The van der Waals surface area contributed by atoms with E-state index in [2.05, 4.69) is 10.1 Å². The molecule has 0 spiro atoms. The maximum atomic E-state index is 12.5. The third kappa shape index (κ3) is 3.75. The van der Waals surface area contributed by atoms with Gasteiger partial charge in [-0.15, -0.1) is 0 Å². The van der Waals surface area contributed by atoms with Gasteiger partial charge in [-0.05, 0) is 37.5 Å². The summed E-state index contributed by atoms with van der Waals surface area (Å²) < 4.78 is 10.3. The number of esters is 1. The quantitative estimate of drug-likeness (QED) is 0.765. The van der Waals surface area contributed by atoms with Gasteiger partial charge < -0.3 is 19.9 Å². The summed E-state index contributed by atoms with van der Waals surface area (Å²) in [6, 6.07) is 4.58. The Balaban J connectivity index is 2.28. The molecule has 1 aliphatic rings. The summed E-state index contributed by atoms with van der Waals surface area (Å²) in [6.45, 7) is 7.16. The molecule has 1 aliphatic carbocycles. The molecule has 136 valence electrons.